The van der Waals surface area contributed by atoms with Crippen molar-refractivity contribution in [1.82, 2.24) is 5.32 Å². The van der Waals surface area contributed by atoms with Crippen molar-refractivity contribution in [3.63, 3.8) is 0 Å². The van der Waals surface area contributed by atoms with Crippen LogP contribution >= 0.6 is 15.9 Å². The van der Waals surface area contributed by atoms with E-state index in [1.165, 1.54) is 6.07 Å². The van der Waals surface area contributed by atoms with E-state index in [1.807, 2.05) is 12.1 Å². The molecule has 0 saturated heterocycles. The fourth-order valence-electron chi connectivity index (χ4n) is 2.12. The van der Waals surface area contributed by atoms with E-state index >= 15 is 0 Å². The molecule has 3 rings (SSSR count). The highest BCUT2D eigenvalue weighted by atomic mass is 79.9. The highest BCUT2D eigenvalue weighted by Crippen LogP contribution is 2.39. The van der Waals surface area contributed by atoms with Crippen LogP contribution in [0.5, 0.6) is 11.5 Å². The van der Waals surface area contributed by atoms with E-state index in [4.69, 9.17) is 9.47 Å². The van der Waals surface area contributed by atoms with Gasteiger partial charge < -0.3 is 14.8 Å². The Labute approximate surface area is 129 Å². The zero-order chi connectivity index (χ0) is 14.8. The first-order valence-electron chi connectivity index (χ1n) is 6.36. The summed E-state index contributed by atoms with van der Waals surface area (Å²) in [6.07, 6.45) is 0. The van der Waals surface area contributed by atoms with E-state index < -0.39 is 11.6 Å². The Morgan fingerprint density at radius 2 is 1.81 bits per heavy atom. The molecule has 2 aromatic carbocycles. The van der Waals surface area contributed by atoms with Crippen molar-refractivity contribution >= 4 is 15.9 Å². The molecule has 2 aromatic rings. The largest absolute Gasteiger partial charge is 0.454 e. The van der Waals surface area contributed by atoms with Crippen molar-refractivity contribution < 1.29 is 18.3 Å². The maximum Gasteiger partial charge on any atom is 0.231 e. The number of ether oxygens (including phenoxy) is 2. The predicted octanol–water partition coefficient (Wildman–Crippen LogP) is 3.75. The molecule has 0 atom stereocenters. The van der Waals surface area contributed by atoms with Crippen LogP contribution in [0.2, 0.25) is 0 Å². The minimum atomic E-state index is -0.835. The molecule has 0 aliphatic carbocycles. The topological polar surface area (TPSA) is 30.5 Å². The predicted molar refractivity (Wildman–Crippen MR) is 77.2 cm³/mol. The molecule has 1 aliphatic heterocycles. The molecule has 1 aliphatic rings. The highest BCUT2D eigenvalue weighted by Gasteiger charge is 2.17. The van der Waals surface area contributed by atoms with Gasteiger partial charge >= 0.3 is 0 Å². The Hall–Kier alpha value is -1.66. The molecule has 0 fully saturated rings. The van der Waals surface area contributed by atoms with Crippen molar-refractivity contribution in [3.8, 4) is 11.5 Å². The van der Waals surface area contributed by atoms with Crippen molar-refractivity contribution in [3.05, 3.63) is 57.6 Å². The van der Waals surface area contributed by atoms with Gasteiger partial charge in [-0.15, -0.1) is 0 Å². The van der Waals surface area contributed by atoms with Crippen LogP contribution in [0.1, 0.15) is 11.1 Å². The fourth-order valence-corrected chi connectivity index (χ4v) is 2.73. The third-order valence-electron chi connectivity index (χ3n) is 3.13. The average molecular weight is 356 g/mol. The van der Waals surface area contributed by atoms with Crippen LogP contribution in [-0.4, -0.2) is 6.79 Å². The summed E-state index contributed by atoms with van der Waals surface area (Å²) >= 11 is 3.43. The Kier molecular flexibility index (Phi) is 4.07. The molecule has 110 valence electrons. The number of hydrogen-bond donors (Lipinski definition) is 1. The summed E-state index contributed by atoms with van der Waals surface area (Å²) in [6.45, 7) is 1.25. The number of fused-ring (bicyclic) bond motifs is 1. The van der Waals surface area contributed by atoms with Crippen LogP contribution in [0, 0.1) is 11.6 Å². The molecule has 1 heterocycles. The fraction of sp³-hybridized carbons (Fsp3) is 0.200. The quantitative estimate of drug-likeness (QED) is 0.905. The normalized spacial score (nSPS) is 12.7. The molecule has 0 radical (unpaired) electrons. The van der Waals surface area contributed by atoms with Crippen LogP contribution in [0.4, 0.5) is 8.78 Å². The van der Waals surface area contributed by atoms with Crippen molar-refractivity contribution in [2.75, 3.05) is 6.79 Å². The SMILES string of the molecule is Fc1ccc(CNCc2cc(Br)c3c(c2)OCO3)cc1F. The van der Waals surface area contributed by atoms with E-state index in [0.717, 1.165) is 16.1 Å². The molecular formula is C15H12BrF2NO2. The third kappa shape index (κ3) is 3.16. The van der Waals surface area contributed by atoms with Gasteiger partial charge in [0.2, 0.25) is 6.79 Å². The zero-order valence-electron chi connectivity index (χ0n) is 11.0. The van der Waals surface area contributed by atoms with Gasteiger partial charge in [-0.3, -0.25) is 0 Å². The molecule has 0 amide bonds. The number of rotatable bonds is 4. The molecule has 0 saturated carbocycles. The molecule has 0 aromatic heterocycles. The Bertz CT molecular complexity index is 679. The summed E-state index contributed by atoms with van der Waals surface area (Å²) in [5.74, 6) is -0.257. The number of halogens is 3. The minimum Gasteiger partial charge on any atom is -0.454 e. The summed E-state index contributed by atoms with van der Waals surface area (Å²) < 4.78 is 37.4. The van der Waals surface area contributed by atoms with Gasteiger partial charge in [0, 0.05) is 13.1 Å². The lowest BCUT2D eigenvalue weighted by Crippen LogP contribution is -2.13. The smallest absolute Gasteiger partial charge is 0.231 e. The minimum absolute atomic E-state index is 0.222. The van der Waals surface area contributed by atoms with Crippen LogP contribution < -0.4 is 14.8 Å². The lowest BCUT2D eigenvalue weighted by atomic mass is 10.2. The van der Waals surface area contributed by atoms with E-state index in [1.54, 1.807) is 6.07 Å². The molecule has 1 N–H and O–H groups in total. The van der Waals surface area contributed by atoms with Crippen molar-refractivity contribution in [2.45, 2.75) is 13.1 Å². The molecule has 6 heteroatoms. The van der Waals surface area contributed by atoms with Gasteiger partial charge in [0.1, 0.15) is 0 Å². The van der Waals surface area contributed by atoms with Crippen molar-refractivity contribution in [2.24, 2.45) is 0 Å². The second-order valence-electron chi connectivity index (χ2n) is 4.66. The van der Waals surface area contributed by atoms with Gasteiger partial charge in [0.05, 0.1) is 4.47 Å². The lowest BCUT2D eigenvalue weighted by molar-refractivity contribution is 0.173. The number of benzene rings is 2. The second kappa shape index (κ2) is 5.99. The highest BCUT2D eigenvalue weighted by molar-refractivity contribution is 9.10. The van der Waals surface area contributed by atoms with E-state index in [-0.39, 0.29) is 6.79 Å². The van der Waals surface area contributed by atoms with Crippen LogP contribution in [0.3, 0.4) is 0 Å². The Morgan fingerprint density at radius 3 is 2.62 bits per heavy atom. The van der Waals surface area contributed by atoms with Gasteiger partial charge in [0.15, 0.2) is 23.1 Å². The molecule has 0 unspecified atom stereocenters. The maximum atomic E-state index is 13.1. The van der Waals surface area contributed by atoms with E-state index in [2.05, 4.69) is 21.2 Å². The summed E-state index contributed by atoms with van der Waals surface area (Å²) in [5, 5.41) is 3.18. The molecule has 21 heavy (non-hydrogen) atoms. The molecule has 0 spiro atoms. The first-order chi connectivity index (χ1) is 10.1. The second-order valence-corrected chi connectivity index (χ2v) is 5.52. The van der Waals surface area contributed by atoms with E-state index in [9.17, 15) is 8.78 Å². The number of hydrogen-bond acceptors (Lipinski definition) is 3. The van der Waals surface area contributed by atoms with E-state index in [0.29, 0.717) is 30.2 Å². The van der Waals surface area contributed by atoms with Gasteiger partial charge in [-0.2, -0.15) is 0 Å². The first-order valence-corrected chi connectivity index (χ1v) is 7.15. The summed E-state index contributed by atoms with van der Waals surface area (Å²) in [7, 11) is 0. The first kappa shape index (κ1) is 14.3. The van der Waals surface area contributed by atoms with Gasteiger partial charge in [-0.25, -0.2) is 8.78 Å². The van der Waals surface area contributed by atoms with Gasteiger partial charge in [0.25, 0.3) is 0 Å². The Balaban J connectivity index is 1.63. The van der Waals surface area contributed by atoms with Crippen molar-refractivity contribution in [1.29, 1.82) is 0 Å². The Morgan fingerprint density at radius 1 is 1.00 bits per heavy atom. The summed E-state index contributed by atoms with van der Waals surface area (Å²) in [5.41, 5.74) is 1.70. The molecule has 0 bridgehead atoms. The molecule has 3 nitrogen and oxygen atoms in total. The lowest BCUT2D eigenvalue weighted by Gasteiger charge is -2.08. The van der Waals surface area contributed by atoms with Crippen LogP contribution in [-0.2, 0) is 13.1 Å². The summed E-state index contributed by atoms with van der Waals surface area (Å²) in [4.78, 5) is 0. The zero-order valence-corrected chi connectivity index (χ0v) is 12.5. The third-order valence-corrected chi connectivity index (χ3v) is 3.72. The monoisotopic (exact) mass is 355 g/mol. The molecular weight excluding hydrogens is 344 g/mol. The van der Waals surface area contributed by atoms with Crippen LogP contribution in [0.25, 0.3) is 0 Å². The van der Waals surface area contributed by atoms with Gasteiger partial charge in [-0.1, -0.05) is 6.07 Å². The van der Waals surface area contributed by atoms with Gasteiger partial charge in [-0.05, 0) is 51.3 Å². The number of nitrogens with one attached hydrogen (secondary N) is 1. The maximum absolute atomic E-state index is 13.1. The van der Waals surface area contributed by atoms with Crippen LogP contribution in [0.15, 0.2) is 34.8 Å². The summed E-state index contributed by atoms with van der Waals surface area (Å²) in [6, 6.07) is 7.71. The standard InChI is InChI=1S/C15H12BrF2NO2/c16-11-3-10(5-14-15(11)21-8-20-14)7-19-6-9-1-2-12(17)13(18)4-9/h1-5,19H,6-8H2. The average Bonchev–Trinajstić information content (AvgIpc) is 2.92.